The van der Waals surface area contributed by atoms with Crippen molar-refractivity contribution < 1.29 is 35.5 Å². The monoisotopic (exact) mass is 442 g/mol. The second kappa shape index (κ2) is 7.16. The Balaban J connectivity index is 1.58. The SMILES string of the molecule is CS(=O)(=O)N(Cc1ccc(-c2nnc(C(F)(F)F)o2)cn1)c1ccc2c(c1)OCO2. The molecule has 9 nitrogen and oxygen atoms in total. The number of benzene rings is 1. The highest BCUT2D eigenvalue weighted by Gasteiger charge is 2.38. The molecule has 13 heteroatoms. The highest BCUT2D eigenvalue weighted by Crippen LogP contribution is 2.36. The molecule has 0 unspecified atom stereocenters. The number of anilines is 1. The molecule has 0 fully saturated rings. The maximum Gasteiger partial charge on any atom is 0.470 e. The van der Waals surface area contributed by atoms with Gasteiger partial charge in [0.05, 0.1) is 29.7 Å². The van der Waals surface area contributed by atoms with Crippen LogP contribution in [-0.4, -0.2) is 36.6 Å². The summed E-state index contributed by atoms with van der Waals surface area (Å²) in [6, 6.07) is 7.57. The van der Waals surface area contributed by atoms with Gasteiger partial charge in [0.15, 0.2) is 11.5 Å². The van der Waals surface area contributed by atoms with Crippen LogP contribution in [0.4, 0.5) is 18.9 Å². The lowest BCUT2D eigenvalue weighted by atomic mass is 10.2. The van der Waals surface area contributed by atoms with E-state index in [2.05, 4.69) is 19.6 Å². The first-order chi connectivity index (χ1) is 14.1. The second-order valence-electron chi connectivity index (χ2n) is 6.26. The Morgan fingerprint density at radius 1 is 1.10 bits per heavy atom. The number of ether oxygens (including phenoxy) is 2. The van der Waals surface area contributed by atoms with Gasteiger partial charge in [-0.05, 0) is 24.3 Å². The van der Waals surface area contributed by atoms with Gasteiger partial charge < -0.3 is 13.9 Å². The number of rotatable bonds is 5. The Kier molecular flexibility index (Phi) is 4.76. The quantitative estimate of drug-likeness (QED) is 0.594. The minimum atomic E-state index is -4.75. The van der Waals surface area contributed by atoms with Crippen LogP contribution in [0.1, 0.15) is 11.6 Å². The first-order valence-electron chi connectivity index (χ1n) is 8.34. The summed E-state index contributed by atoms with van der Waals surface area (Å²) in [4.78, 5) is 4.11. The van der Waals surface area contributed by atoms with Crippen LogP contribution in [-0.2, 0) is 22.7 Å². The third-order valence-electron chi connectivity index (χ3n) is 4.09. The fraction of sp³-hybridized carbons (Fsp3) is 0.235. The van der Waals surface area contributed by atoms with E-state index in [0.29, 0.717) is 22.9 Å². The van der Waals surface area contributed by atoms with Gasteiger partial charge in [-0.1, -0.05) is 0 Å². The Hall–Kier alpha value is -3.35. The third-order valence-corrected chi connectivity index (χ3v) is 5.23. The van der Waals surface area contributed by atoms with Gasteiger partial charge in [0.2, 0.25) is 22.7 Å². The highest BCUT2D eigenvalue weighted by molar-refractivity contribution is 7.92. The van der Waals surface area contributed by atoms with Gasteiger partial charge in [-0.2, -0.15) is 13.2 Å². The predicted octanol–water partition coefficient (Wildman–Crippen LogP) is 2.85. The van der Waals surface area contributed by atoms with Crippen molar-refractivity contribution in [3.63, 3.8) is 0 Å². The molecular formula is C17H13F3N4O5S. The standard InChI is InChI=1S/C17H13F3N4O5S/c1-30(25,26)24(12-4-5-13-14(6-12)28-9-27-13)8-11-3-2-10(7-21-11)15-22-23-16(29-15)17(18,19)20/h2-7H,8-9H2,1H3. The van der Waals surface area contributed by atoms with Crippen molar-refractivity contribution in [3.05, 3.63) is 48.1 Å². The molecule has 0 N–H and O–H groups in total. The number of hydrogen-bond donors (Lipinski definition) is 0. The molecule has 0 atom stereocenters. The first kappa shape index (κ1) is 19.9. The molecule has 30 heavy (non-hydrogen) atoms. The van der Waals surface area contributed by atoms with Gasteiger partial charge in [0, 0.05) is 12.3 Å². The van der Waals surface area contributed by atoms with Crippen molar-refractivity contribution >= 4 is 15.7 Å². The van der Waals surface area contributed by atoms with Gasteiger partial charge >= 0.3 is 12.1 Å². The van der Waals surface area contributed by atoms with Crippen molar-refractivity contribution in [2.24, 2.45) is 0 Å². The maximum absolute atomic E-state index is 12.6. The van der Waals surface area contributed by atoms with Crippen molar-refractivity contribution in [1.29, 1.82) is 0 Å². The van der Waals surface area contributed by atoms with Crippen LogP contribution < -0.4 is 13.8 Å². The topological polar surface area (TPSA) is 108 Å². The minimum absolute atomic E-state index is 0.0480. The van der Waals surface area contributed by atoms with E-state index < -0.39 is 22.1 Å². The number of sulfonamides is 1. The summed E-state index contributed by atoms with van der Waals surface area (Å²) in [7, 11) is -3.68. The van der Waals surface area contributed by atoms with Crippen LogP contribution >= 0.6 is 0 Å². The molecule has 0 saturated heterocycles. The van der Waals surface area contributed by atoms with E-state index in [1.165, 1.54) is 24.4 Å². The number of alkyl halides is 3. The van der Waals surface area contributed by atoms with Gasteiger partial charge in [-0.15, -0.1) is 10.2 Å². The van der Waals surface area contributed by atoms with Crippen LogP contribution in [0.2, 0.25) is 0 Å². The van der Waals surface area contributed by atoms with E-state index in [1.807, 2.05) is 0 Å². The summed E-state index contributed by atoms with van der Waals surface area (Å²) in [6.45, 7) is -0.0667. The molecule has 3 aromatic rings. The smallest absolute Gasteiger partial charge is 0.454 e. The lowest BCUT2D eigenvalue weighted by Gasteiger charge is -2.22. The molecule has 1 aromatic carbocycles. The molecule has 0 bridgehead atoms. The summed E-state index contributed by atoms with van der Waals surface area (Å²) in [5.74, 6) is -0.890. The lowest BCUT2D eigenvalue weighted by molar-refractivity contribution is -0.156. The fourth-order valence-corrected chi connectivity index (χ4v) is 3.55. The molecule has 158 valence electrons. The van der Waals surface area contributed by atoms with Crippen molar-refractivity contribution in [2.45, 2.75) is 12.7 Å². The van der Waals surface area contributed by atoms with Crippen molar-refractivity contribution in [3.8, 4) is 23.0 Å². The molecule has 0 saturated carbocycles. The molecule has 4 rings (SSSR count). The summed E-state index contributed by atoms with van der Waals surface area (Å²) in [6.07, 6.45) is -2.48. The second-order valence-corrected chi connectivity index (χ2v) is 8.16. The summed E-state index contributed by atoms with van der Waals surface area (Å²) < 4.78 is 78.6. The van der Waals surface area contributed by atoms with E-state index in [4.69, 9.17) is 9.47 Å². The van der Waals surface area contributed by atoms with Crippen LogP contribution in [0.25, 0.3) is 11.5 Å². The largest absolute Gasteiger partial charge is 0.470 e. The zero-order chi connectivity index (χ0) is 21.5. The lowest BCUT2D eigenvalue weighted by Crippen LogP contribution is -2.29. The summed E-state index contributed by atoms with van der Waals surface area (Å²) in [5, 5.41) is 6.31. The Morgan fingerprint density at radius 2 is 1.87 bits per heavy atom. The molecule has 2 aromatic heterocycles. The highest BCUT2D eigenvalue weighted by atomic mass is 32.2. The summed E-state index contributed by atoms with van der Waals surface area (Å²) in [5.41, 5.74) is 0.854. The third kappa shape index (κ3) is 4.01. The molecule has 0 amide bonds. The Labute approximate surface area is 168 Å². The fourth-order valence-electron chi connectivity index (χ4n) is 2.69. The predicted molar refractivity (Wildman–Crippen MR) is 96.1 cm³/mol. The average molecular weight is 442 g/mol. The number of halogens is 3. The van der Waals surface area contributed by atoms with E-state index in [1.54, 1.807) is 12.1 Å². The van der Waals surface area contributed by atoms with Gasteiger partial charge in [-0.3, -0.25) is 9.29 Å². The Bertz CT molecular complexity index is 1180. The van der Waals surface area contributed by atoms with E-state index in [9.17, 15) is 21.6 Å². The molecule has 0 aliphatic carbocycles. The average Bonchev–Trinajstić information content (AvgIpc) is 3.34. The molecule has 3 heterocycles. The van der Waals surface area contributed by atoms with Crippen LogP contribution in [0.5, 0.6) is 11.5 Å². The van der Waals surface area contributed by atoms with Gasteiger partial charge in [0.1, 0.15) is 0 Å². The minimum Gasteiger partial charge on any atom is -0.454 e. The van der Waals surface area contributed by atoms with Crippen molar-refractivity contribution in [2.75, 3.05) is 17.4 Å². The molecule has 0 radical (unpaired) electrons. The Morgan fingerprint density at radius 3 is 2.50 bits per heavy atom. The molecule has 0 spiro atoms. The van der Waals surface area contributed by atoms with E-state index in [0.717, 1.165) is 10.6 Å². The van der Waals surface area contributed by atoms with Crippen LogP contribution in [0, 0.1) is 0 Å². The van der Waals surface area contributed by atoms with Gasteiger partial charge in [0.25, 0.3) is 0 Å². The number of nitrogens with zero attached hydrogens (tertiary/aromatic N) is 4. The molecule has 1 aliphatic heterocycles. The number of fused-ring (bicyclic) bond motifs is 1. The van der Waals surface area contributed by atoms with Crippen LogP contribution in [0.15, 0.2) is 40.9 Å². The normalized spacial score (nSPS) is 13.5. The molecular weight excluding hydrogens is 429 g/mol. The van der Waals surface area contributed by atoms with E-state index >= 15 is 0 Å². The van der Waals surface area contributed by atoms with Crippen LogP contribution in [0.3, 0.4) is 0 Å². The number of aromatic nitrogens is 3. The maximum atomic E-state index is 12.6. The molecule has 1 aliphatic rings. The van der Waals surface area contributed by atoms with Crippen molar-refractivity contribution in [1.82, 2.24) is 15.2 Å². The summed E-state index contributed by atoms with van der Waals surface area (Å²) >= 11 is 0. The number of pyridine rings is 1. The first-order valence-corrected chi connectivity index (χ1v) is 10.2. The zero-order valence-corrected chi connectivity index (χ0v) is 16.1. The zero-order valence-electron chi connectivity index (χ0n) is 15.3. The number of hydrogen-bond acceptors (Lipinski definition) is 8. The van der Waals surface area contributed by atoms with E-state index in [-0.39, 0.29) is 24.8 Å². The van der Waals surface area contributed by atoms with Gasteiger partial charge in [-0.25, -0.2) is 8.42 Å².